The van der Waals surface area contributed by atoms with Crippen molar-refractivity contribution in [2.24, 2.45) is 0 Å². The predicted octanol–water partition coefficient (Wildman–Crippen LogP) is 2.22. The molecule has 178 valence electrons. The molecule has 0 aliphatic carbocycles. The van der Waals surface area contributed by atoms with Gasteiger partial charge in [-0.15, -0.1) is 0 Å². The molecule has 1 heterocycles. The molecule has 0 fully saturated rings. The van der Waals surface area contributed by atoms with Gasteiger partial charge in [-0.3, -0.25) is 9.59 Å². The molecule has 0 atom stereocenters. The normalized spacial score (nSPS) is 11.3. The van der Waals surface area contributed by atoms with E-state index < -0.39 is 27.5 Å². The monoisotopic (exact) mass is 484 g/mol. The molecule has 0 spiro atoms. The number of carbonyl (C=O) groups is 2. The summed E-state index contributed by atoms with van der Waals surface area (Å²) in [7, 11) is -0.853. The molecule has 0 aliphatic heterocycles. The molecule has 0 saturated heterocycles. The highest BCUT2D eigenvalue weighted by Crippen LogP contribution is 2.18. The number of amides is 1. The summed E-state index contributed by atoms with van der Waals surface area (Å²) in [5.41, 5.74) is 0.430. The van der Waals surface area contributed by atoms with Crippen molar-refractivity contribution < 1.29 is 22.7 Å². The second-order valence-corrected chi connectivity index (χ2v) is 9.58. The summed E-state index contributed by atoms with van der Waals surface area (Å²) in [4.78, 5) is 38.2. The van der Waals surface area contributed by atoms with Crippen LogP contribution in [0.15, 0.2) is 64.3 Å². The highest BCUT2D eigenvalue weighted by Gasteiger charge is 2.22. The topological polar surface area (TPSA) is 128 Å². The maximum Gasteiger partial charge on any atom is 0.360 e. The SMILES string of the molecule is CCOC(=O)c1nn(-c2ccccc2C)c(=O)cc1NC(=O)c1ccc(S(=O)(=O)N(C)C)cc1. The van der Waals surface area contributed by atoms with Gasteiger partial charge in [0.2, 0.25) is 10.0 Å². The number of nitrogens with zero attached hydrogens (tertiary/aromatic N) is 3. The van der Waals surface area contributed by atoms with Crippen LogP contribution in [0.1, 0.15) is 33.3 Å². The number of sulfonamides is 1. The van der Waals surface area contributed by atoms with Gasteiger partial charge in [-0.2, -0.15) is 9.78 Å². The van der Waals surface area contributed by atoms with Gasteiger partial charge in [-0.05, 0) is 49.7 Å². The predicted molar refractivity (Wildman–Crippen MR) is 126 cm³/mol. The first-order valence-electron chi connectivity index (χ1n) is 10.3. The van der Waals surface area contributed by atoms with Gasteiger partial charge >= 0.3 is 5.97 Å². The zero-order valence-corrected chi connectivity index (χ0v) is 19.9. The molecule has 0 saturated carbocycles. The summed E-state index contributed by atoms with van der Waals surface area (Å²) in [6.45, 7) is 3.49. The lowest BCUT2D eigenvalue weighted by Gasteiger charge is -2.14. The zero-order valence-electron chi connectivity index (χ0n) is 19.1. The van der Waals surface area contributed by atoms with Crippen molar-refractivity contribution in [3.05, 3.63) is 81.8 Å². The number of rotatable bonds is 7. The minimum Gasteiger partial charge on any atom is -0.461 e. The van der Waals surface area contributed by atoms with E-state index in [2.05, 4.69) is 10.4 Å². The third-order valence-electron chi connectivity index (χ3n) is 4.89. The van der Waals surface area contributed by atoms with E-state index in [0.717, 1.165) is 20.6 Å². The van der Waals surface area contributed by atoms with E-state index in [1.165, 1.54) is 38.4 Å². The molecule has 0 unspecified atom stereocenters. The number of hydrogen-bond acceptors (Lipinski definition) is 7. The van der Waals surface area contributed by atoms with Crippen molar-refractivity contribution in [3.63, 3.8) is 0 Å². The molecule has 0 aliphatic rings. The number of para-hydroxylation sites is 1. The van der Waals surface area contributed by atoms with Gasteiger partial charge < -0.3 is 10.1 Å². The standard InChI is InChI=1S/C23H24N4O6S/c1-5-33-23(30)21-18(14-20(28)27(25-21)19-9-7-6-8-15(19)2)24-22(29)16-10-12-17(13-11-16)34(31,32)26(3)4/h6-14H,5H2,1-4H3,(H,24,29). The molecule has 11 heteroatoms. The van der Waals surface area contributed by atoms with Crippen molar-refractivity contribution in [2.45, 2.75) is 18.7 Å². The van der Waals surface area contributed by atoms with Gasteiger partial charge in [0, 0.05) is 25.7 Å². The zero-order chi connectivity index (χ0) is 25.0. The van der Waals surface area contributed by atoms with Gasteiger partial charge in [0.05, 0.1) is 22.9 Å². The van der Waals surface area contributed by atoms with Crippen LogP contribution in [-0.4, -0.2) is 55.1 Å². The van der Waals surface area contributed by atoms with Crippen molar-refractivity contribution in [3.8, 4) is 5.69 Å². The molecule has 1 amide bonds. The number of anilines is 1. The van der Waals surface area contributed by atoms with Crippen molar-refractivity contribution in [1.29, 1.82) is 0 Å². The third kappa shape index (κ3) is 5.05. The van der Waals surface area contributed by atoms with Crippen LogP contribution < -0.4 is 10.9 Å². The van der Waals surface area contributed by atoms with E-state index in [1.807, 2.05) is 0 Å². The first-order valence-corrected chi connectivity index (χ1v) is 11.7. The minimum atomic E-state index is -3.66. The second-order valence-electron chi connectivity index (χ2n) is 7.43. The van der Waals surface area contributed by atoms with E-state index >= 15 is 0 Å². The van der Waals surface area contributed by atoms with Gasteiger partial charge in [0.1, 0.15) is 0 Å². The van der Waals surface area contributed by atoms with E-state index in [4.69, 9.17) is 4.74 Å². The number of aryl methyl sites for hydroxylation is 1. The lowest BCUT2D eigenvalue weighted by molar-refractivity contribution is 0.0518. The first-order chi connectivity index (χ1) is 16.1. The van der Waals surface area contributed by atoms with Crippen LogP contribution in [0, 0.1) is 6.92 Å². The van der Waals surface area contributed by atoms with Crippen molar-refractivity contribution in [2.75, 3.05) is 26.0 Å². The summed E-state index contributed by atoms with van der Waals surface area (Å²) < 4.78 is 31.6. The summed E-state index contributed by atoms with van der Waals surface area (Å²) in [6.07, 6.45) is 0. The maximum atomic E-state index is 12.8. The Morgan fingerprint density at radius 2 is 1.74 bits per heavy atom. The van der Waals surface area contributed by atoms with Crippen molar-refractivity contribution >= 4 is 27.6 Å². The van der Waals surface area contributed by atoms with Gasteiger partial charge in [-0.25, -0.2) is 17.5 Å². The van der Waals surface area contributed by atoms with Crippen LogP contribution in [0.5, 0.6) is 0 Å². The fourth-order valence-electron chi connectivity index (χ4n) is 3.06. The van der Waals surface area contributed by atoms with Crippen LogP contribution >= 0.6 is 0 Å². The molecule has 0 bridgehead atoms. The van der Waals surface area contributed by atoms with Gasteiger partial charge in [-0.1, -0.05) is 18.2 Å². The summed E-state index contributed by atoms with van der Waals surface area (Å²) in [6, 6.07) is 13.4. The van der Waals surface area contributed by atoms with Crippen LogP contribution in [0.3, 0.4) is 0 Å². The molecule has 10 nitrogen and oxygen atoms in total. The number of hydrogen-bond donors (Lipinski definition) is 1. The quantitative estimate of drug-likeness (QED) is 0.509. The second kappa shape index (κ2) is 9.98. The molecular formula is C23H24N4O6S. The third-order valence-corrected chi connectivity index (χ3v) is 6.72. The van der Waals surface area contributed by atoms with Crippen LogP contribution in [0.4, 0.5) is 5.69 Å². The molecule has 3 aromatic rings. The van der Waals surface area contributed by atoms with E-state index in [0.29, 0.717) is 5.69 Å². The Labute approximate surface area is 196 Å². The Morgan fingerprint density at radius 3 is 2.32 bits per heavy atom. The minimum absolute atomic E-state index is 0.0174. The summed E-state index contributed by atoms with van der Waals surface area (Å²) in [5.74, 6) is -1.47. The van der Waals surface area contributed by atoms with Gasteiger partial charge in [0.25, 0.3) is 11.5 Å². The van der Waals surface area contributed by atoms with E-state index in [-0.39, 0.29) is 28.4 Å². The molecular weight excluding hydrogens is 460 g/mol. The molecule has 0 radical (unpaired) electrons. The summed E-state index contributed by atoms with van der Waals surface area (Å²) in [5, 5.41) is 6.67. The maximum absolute atomic E-state index is 12.8. The highest BCUT2D eigenvalue weighted by atomic mass is 32.2. The molecule has 2 aromatic carbocycles. The number of nitrogens with one attached hydrogen (secondary N) is 1. The Bertz CT molecular complexity index is 1400. The molecule has 1 N–H and O–H groups in total. The molecule has 3 rings (SSSR count). The Morgan fingerprint density at radius 1 is 1.09 bits per heavy atom. The number of carbonyl (C=O) groups excluding carboxylic acids is 2. The van der Waals surface area contributed by atoms with Crippen molar-refractivity contribution in [1.82, 2.24) is 14.1 Å². The number of esters is 1. The number of ether oxygens (including phenoxy) is 1. The Kier molecular flexibility index (Phi) is 7.28. The smallest absolute Gasteiger partial charge is 0.360 e. The summed E-state index contributed by atoms with van der Waals surface area (Å²) >= 11 is 0. The largest absolute Gasteiger partial charge is 0.461 e. The average molecular weight is 485 g/mol. The first kappa shape index (κ1) is 24.8. The van der Waals surface area contributed by atoms with E-state index in [9.17, 15) is 22.8 Å². The Hall–Kier alpha value is -3.83. The van der Waals surface area contributed by atoms with Crippen LogP contribution in [-0.2, 0) is 14.8 Å². The lowest BCUT2D eigenvalue weighted by Crippen LogP contribution is -2.27. The van der Waals surface area contributed by atoms with E-state index in [1.54, 1.807) is 38.1 Å². The van der Waals surface area contributed by atoms with Crippen LogP contribution in [0.2, 0.25) is 0 Å². The average Bonchev–Trinajstić information content (AvgIpc) is 2.80. The Balaban J connectivity index is 2.00. The number of aromatic nitrogens is 2. The molecule has 34 heavy (non-hydrogen) atoms. The van der Waals surface area contributed by atoms with Crippen LogP contribution in [0.25, 0.3) is 5.69 Å². The molecule has 1 aromatic heterocycles. The fourth-order valence-corrected chi connectivity index (χ4v) is 3.96. The fraction of sp³-hybridized carbons (Fsp3) is 0.217. The van der Waals surface area contributed by atoms with Gasteiger partial charge in [0.15, 0.2) is 5.69 Å². The highest BCUT2D eigenvalue weighted by molar-refractivity contribution is 7.89. The lowest BCUT2D eigenvalue weighted by atomic mass is 10.2. The number of benzene rings is 2.